The molecule has 0 saturated carbocycles. The van der Waals surface area contributed by atoms with Gasteiger partial charge in [-0.15, -0.1) is 0 Å². The van der Waals surface area contributed by atoms with E-state index in [9.17, 15) is 19.8 Å². The van der Waals surface area contributed by atoms with E-state index < -0.39 is 11.8 Å². The van der Waals surface area contributed by atoms with Gasteiger partial charge in [-0.2, -0.15) is 0 Å². The third-order valence-corrected chi connectivity index (χ3v) is 3.22. The highest BCUT2D eigenvalue weighted by atomic mass is 16.4. The zero-order chi connectivity index (χ0) is 15.6. The zero-order valence-corrected chi connectivity index (χ0v) is 11.3. The molecule has 0 saturated heterocycles. The number of aryl methyl sites for hydroxylation is 1. The van der Waals surface area contributed by atoms with Gasteiger partial charge in [0.2, 0.25) is 0 Å². The van der Waals surface area contributed by atoms with Crippen LogP contribution in [-0.4, -0.2) is 27.1 Å². The lowest BCUT2D eigenvalue weighted by atomic mass is 9.98. The Hall–Kier alpha value is -2.82. The highest BCUT2D eigenvalue weighted by Gasteiger charge is 2.16. The van der Waals surface area contributed by atoms with Crippen molar-refractivity contribution < 1.29 is 24.9 Å². The molecule has 0 amide bonds. The first-order valence-electron chi connectivity index (χ1n) is 6.37. The Bertz CT molecular complexity index is 701. The smallest absolute Gasteiger partial charge is 0.335 e. The van der Waals surface area contributed by atoms with Crippen LogP contribution < -0.4 is 0 Å². The summed E-state index contributed by atoms with van der Waals surface area (Å²) in [7, 11) is 0. The van der Waals surface area contributed by atoms with E-state index in [4.69, 9.17) is 5.11 Å². The minimum absolute atomic E-state index is 0.0622. The minimum atomic E-state index is -1.07. The summed E-state index contributed by atoms with van der Waals surface area (Å²) in [4.78, 5) is 23.1. The van der Waals surface area contributed by atoms with Crippen molar-refractivity contribution in [1.29, 1.82) is 0 Å². The van der Waals surface area contributed by atoms with Crippen LogP contribution in [0.4, 0.5) is 0 Å². The van der Waals surface area contributed by atoms with Crippen molar-refractivity contribution in [2.75, 3.05) is 0 Å². The molecular weight excluding hydrogens is 272 g/mol. The van der Waals surface area contributed by atoms with E-state index in [2.05, 4.69) is 0 Å². The van der Waals surface area contributed by atoms with Crippen molar-refractivity contribution in [3.63, 3.8) is 0 Å². The van der Waals surface area contributed by atoms with Crippen LogP contribution in [0.1, 0.15) is 38.8 Å². The number of carbonyl (C=O) groups excluding carboxylic acids is 1. The fraction of sp³-hybridized carbons (Fsp3) is 0.125. The van der Waals surface area contributed by atoms with Gasteiger partial charge in [-0.05, 0) is 30.2 Å². The van der Waals surface area contributed by atoms with E-state index >= 15 is 0 Å². The third kappa shape index (κ3) is 2.86. The summed E-state index contributed by atoms with van der Waals surface area (Å²) < 4.78 is 0. The molecule has 3 N–H and O–H groups in total. The topological polar surface area (TPSA) is 94.8 Å². The number of phenolic OH excluding ortho intramolecular Hbond substituents is 2. The molecule has 0 fully saturated rings. The van der Waals surface area contributed by atoms with Gasteiger partial charge < -0.3 is 15.3 Å². The lowest BCUT2D eigenvalue weighted by molar-refractivity contribution is 0.0696. The molecule has 2 aromatic rings. The Morgan fingerprint density at radius 1 is 0.952 bits per heavy atom. The van der Waals surface area contributed by atoms with Gasteiger partial charge in [0.15, 0.2) is 5.78 Å². The van der Waals surface area contributed by atoms with Crippen LogP contribution in [0.15, 0.2) is 36.4 Å². The number of ketones is 1. The van der Waals surface area contributed by atoms with Gasteiger partial charge >= 0.3 is 5.97 Å². The molecule has 0 unspecified atom stereocenters. The molecule has 0 heterocycles. The Labute approximate surface area is 121 Å². The Kier molecular flexibility index (Phi) is 3.93. The number of hydrogen-bond acceptors (Lipinski definition) is 4. The minimum Gasteiger partial charge on any atom is -0.508 e. The van der Waals surface area contributed by atoms with Crippen LogP contribution in [0.2, 0.25) is 0 Å². The Balaban J connectivity index is 2.42. The molecule has 108 valence electrons. The molecule has 0 atom stereocenters. The van der Waals surface area contributed by atoms with Gasteiger partial charge in [0.1, 0.15) is 11.5 Å². The van der Waals surface area contributed by atoms with Gasteiger partial charge in [-0.1, -0.05) is 19.1 Å². The van der Waals surface area contributed by atoms with Gasteiger partial charge in [-0.3, -0.25) is 4.79 Å². The summed E-state index contributed by atoms with van der Waals surface area (Å²) in [6, 6.07) is 8.02. The molecule has 0 radical (unpaired) electrons. The predicted octanol–water partition coefficient (Wildman–Crippen LogP) is 2.59. The number of phenols is 2. The normalized spacial score (nSPS) is 10.3. The molecule has 2 aromatic carbocycles. The molecule has 0 aliphatic carbocycles. The number of carboxylic acid groups (broad SMARTS) is 1. The largest absolute Gasteiger partial charge is 0.508 e. The third-order valence-electron chi connectivity index (χ3n) is 3.22. The predicted molar refractivity (Wildman–Crippen MR) is 76.0 cm³/mol. The van der Waals surface area contributed by atoms with E-state index in [1.165, 1.54) is 30.3 Å². The molecule has 0 aromatic heterocycles. The summed E-state index contributed by atoms with van der Waals surface area (Å²) in [6.07, 6.45) is 0.518. The highest BCUT2D eigenvalue weighted by Crippen LogP contribution is 2.29. The van der Waals surface area contributed by atoms with Gasteiger partial charge in [0.05, 0.1) is 11.1 Å². The van der Waals surface area contributed by atoms with E-state index in [1.54, 1.807) is 0 Å². The van der Waals surface area contributed by atoms with Crippen molar-refractivity contribution in [2.24, 2.45) is 0 Å². The summed E-state index contributed by atoms with van der Waals surface area (Å²) in [5.74, 6) is -1.88. The zero-order valence-electron chi connectivity index (χ0n) is 11.3. The second kappa shape index (κ2) is 5.66. The molecule has 21 heavy (non-hydrogen) atoms. The van der Waals surface area contributed by atoms with Crippen LogP contribution in [-0.2, 0) is 6.42 Å². The summed E-state index contributed by atoms with van der Waals surface area (Å²) in [5.41, 5.74) is 0.977. The van der Waals surface area contributed by atoms with Crippen molar-refractivity contribution >= 4 is 11.8 Å². The van der Waals surface area contributed by atoms with Crippen LogP contribution in [0.25, 0.3) is 0 Å². The van der Waals surface area contributed by atoms with Crippen LogP contribution in [0, 0.1) is 0 Å². The number of benzene rings is 2. The van der Waals surface area contributed by atoms with Crippen LogP contribution in [0.5, 0.6) is 11.5 Å². The standard InChI is InChI=1S/C16H14O5/c1-2-9-7-12(14(18)8-13(9)17)15(19)10-3-5-11(6-4-10)16(20)21/h3-8,17-18H,2H2,1H3,(H,20,21). The molecule has 0 spiro atoms. The maximum absolute atomic E-state index is 12.3. The van der Waals surface area contributed by atoms with Gasteiger partial charge in [0, 0.05) is 11.6 Å². The summed E-state index contributed by atoms with van der Waals surface area (Å²) >= 11 is 0. The van der Waals surface area contributed by atoms with Gasteiger partial charge in [-0.25, -0.2) is 4.79 Å². The quantitative estimate of drug-likeness (QED) is 0.751. The van der Waals surface area contributed by atoms with Crippen LogP contribution in [0.3, 0.4) is 0 Å². The SMILES string of the molecule is CCc1cc(C(=O)c2ccc(C(=O)O)cc2)c(O)cc1O. The monoisotopic (exact) mass is 286 g/mol. The Morgan fingerprint density at radius 3 is 2.05 bits per heavy atom. The Morgan fingerprint density at radius 2 is 1.52 bits per heavy atom. The summed E-state index contributed by atoms with van der Waals surface area (Å²) in [5, 5.41) is 28.3. The number of hydrogen-bond donors (Lipinski definition) is 3. The molecule has 0 aliphatic rings. The van der Waals surface area contributed by atoms with Crippen molar-refractivity contribution in [3.8, 4) is 11.5 Å². The maximum atomic E-state index is 12.3. The van der Waals surface area contributed by atoms with E-state index in [0.29, 0.717) is 12.0 Å². The average molecular weight is 286 g/mol. The molecule has 5 heteroatoms. The van der Waals surface area contributed by atoms with Gasteiger partial charge in [0.25, 0.3) is 0 Å². The highest BCUT2D eigenvalue weighted by molar-refractivity contribution is 6.11. The number of aromatic hydroxyl groups is 2. The van der Waals surface area contributed by atoms with Crippen LogP contribution >= 0.6 is 0 Å². The summed E-state index contributed by atoms with van der Waals surface area (Å²) in [6.45, 7) is 1.82. The lowest BCUT2D eigenvalue weighted by Gasteiger charge is -2.08. The maximum Gasteiger partial charge on any atom is 0.335 e. The van der Waals surface area contributed by atoms with Crippen molar-refractivity contribution in [2.45, 2.75) is 13.3 Å². The van der Waals surface area contributed by atoms with Crippen molar-refractivity contribution in [1.82, 2.24) is 0 Å². The van der Waals surface area contributed by atoms with E-state index in [-0.39, 0.29) is 28.2 Å². The molecule has 5 nitrogen and oxygen atoms in total. The fourth-order valence-corrected chi connectivity index (χ4v) is 2.01. The number of carbonyl (C=O) groups is 2. The number of rotatable bonds is 4. The number of aromatic carboxylic acids is 1. The second-order valence-corrected chi connectivity index (χ2v) is 4.56. The lowest BCUT2D eigenvalue weighted by Crippen LogP contribution is -2.04. The van der Waals surface area contributed by atoms with E-state index in [0.717, 1.165) is 6.07 Å². The first-order valence-corrected chi connectivity index (χ1v) is 6.37. The first kappa shape index (κ1) is 14.6. The van der Waals surface area contributed by atoms with Crippen molar-refractivity contribution in [3.05, 3.63) is 58.7 Å². The number of carboxylic acids is 1. The average Bonchev–Trinajstić information content (AvgIpc) is 2.47. The fourth-order valence-electron chi connectivity index (χ4n) is 2.01. The molecule has 0 aliphatic heterocycles. The van der Waals surface area contributed by atoms with E-state index in [1.807, 2.05) is 6.92 Å². The second-order valence-electron chi connectivity index (χ2n) is 4.56. The molecule has 2 rings (SSSR count). The first-order chi connectivity index (χ1) is 9.93. The molecular formula is C16H14O5. The molecule has 0 bridgehead atoms.